The van der Waals surface area contributed by atoms with Gasteiger partial charge in [0.2, 0.25) is 0 Å². The van der Waals surface area contributed by atoms with Crippen LogP contribution in [0.3, 0.4) is 0 Å². The lowest BCUT2D eigenvalue weighted by molar-refractivity contribution is 0.658. The summed E-state index contributed by atoms with van der Waals surface area (Å²) in [4.78, 5) is 0. The number of rotatable bonds is 6. The normalized spacial score (nSPS) is 11.2. The molecule has 0 unspecified atom stereocenters. The van der Waals surface area contributed by atoms with Crippen molar-refractivity contribution in [3.05, 3.63) is 47.3 Å². The van der Waals surface area contributed by atoms with Crippen LogP contribution in [0.2, 0.25) is 0 Å². The van der Waals surface area contributed by atoms with Gasteiger partial charge in [-0.3, -0.25) is 0 Å². The molecule has 1 aromatic heterocycles. The quantitative estimate of drug-likeness (QED) is 0.810. The van der Waals surface area contributed by atoms with E-state index in [4.69, 9.17) is 0 Å². The lowest BCUT2D eigenvalue weighted by Crippen LogP contribution is -2.15. The zero-order valence-corrected chi connectivity index (χ0v) is 13.0. The molecule has 0 amide bonds. The van der Waals surface area contributed by atoms with E-state index in [1.165, 1.54) is 16.8 Å². The summed E-state index contributed by atoms with van der Waals surface area (Å²) in [6.45, 7) is 10.7. The smallest absolute Gasteiger partial charge is 0.0651 e. The minimum atomic E-state index is 0.455. The van der Waals surface area contributed by atoms with E-state index in [9.17, 15) is 0 Å². The third-order valence-corrected chi connectivity index (χ3v) is 3.42. The van der Waals surface area contributed by atoms with Gasteiger partial charge >= 0.3 is 0 Å². The lowest BCUT2D eigenvalue weighted by atomic mass is 10.1. The molecule has 0 aliphatic rings. The molecule has 3 heteroatoms. The molecule has 0 fully saturated rings. The molecule has 108 valence electrons. The molecule has 0 spiro atoms. The lowest BCUT2D eigenvalue weighted by Gasteiger charge is -2.13. The fourth-order valence-corrected chi connectivity index (χ4v) is 2.51. The van der Waals surface area contributed by atoms with Crippen molar-refractivity contribution in [3.8, 4) is 5.69 Å². The molecule has 1 aromatic carbocycles. The molecule has 0 atom stereocenters. The SMILES string of the molecule is CCCNCc1cnn(-c2cccc(C)c2)c1C(C)C. The summed E-state index contributed by atoms with van der Waals surface area (Å²) in [7, 11) is 0. The Labute approximate surface area is 122 Å². The van der Waals surface area contributed by atoms with E-state index in [1.54, 1.807) is 0 Å². The Morgan fingerprint density at radius 1 is 1.30 bits per heavy atom. The first kappa shape index (κ1) is 14.8. The average molecular weight is 271 g/mol. The van der Waals surface area contributed by atoms with Crippen molar-refractivity contribution in [2.45, 2.75) is 46.6 Å². The zero-order chi connectivity index (χ0) is 14.5. The maximum absolute atomic E-state index is 4.60. The summed E-state index contributed by atoms with van der Waals surface area (Å²) in [6, 6.07) is 8.51. The van der Waals surface area contributed by atoms with Gasteiger partial charge in [-0.05, 0) is 43.5 Å². The largest absolute Gasteiger partial charge is 0.313 e. The molecule has 0 aliphatic heterocycles. The standard InChI is InChI=1S/C17H25N3/c1-5-9-18-11-15-12-19-20(17(15)13(2)3)16-8-6-7-14(4)10-16/h6-8,10,12-13,18H,5,9,11H2,1-4H3. The van der Waals surface area contributed by atoms with E-state index >= 15 is 0 Å². The predicted molar refractivity (Wildman–Crippen MR) is 84.4 cm³/mol. The van der Waals surface area contributed by atoms with Gasteiger partial charge in [-0.1, -0.05) is 32.9 Å². The van der Waals surface area contributed by atoms with Crippen molar-refractivity contribution in [2.75, 3.05) is 6.54 Å². The third-order valence-electron chi connectivity index (χ3n) is 3.42. The maximum atomic E-state index is 4.60. The second-order valence-corrected chi connectivity index (χ2v) is 5.64. The van der Waals surface area contributed by atoms with Gasteiger partial charge in [-0.15, -0.1) is 0 Å². The van der Waals surface area contributed by atoms with Gasteiger partial charge < -0.3 is 5.32 Å². The van der Waals surface area contributed by atoms with Crippen molar-refractivity contribution < 1.29 is 0 Å². The number of aryl methyl sites for hydroxylation is 1. The Morgan fingerprint density at radius 3 is 2.75 bits per heavy atom. The van der Waals surface area contributed by atoms with Crippen molar-refractivity contribution in [3.63, 3.8) is 0 Å². The van der Waals surface area contributed by atoms with Crippen LogP contribution in [0, 0.1) is 6.92 Å². The van der Waals surface area contributed by atoms with Crippen LogP contribution in [0.15, 0.2) is 30.5 Å². The van der Waals surface area contributed by atoms with Crippen LogP contribution in [0.25, 0.3) is 5.69 Å². The first-order valence-electron chi connectivity index (χ1n) is 7.48. The minimum Gasteiger partial charge on any atom is -0.313 e. The average Bonchev–Trinajstić information content (AvgIpc) is 2.83. The fourth-order valence-electron chi connectivity index (χ4n) is 2.51. The summed E-state index contributed by atoms with van der Waals surface area (Å²) in [5, 5.41) is 8.07. The summed E-state index contributed by atoms with van der Waals surface area (Å²) in [5.41, 5.74) is 5.02. The van der Waals surface area contributed by atoms with E-state index < -0.39 is 0 Å². The molecular weight excluding hydrogens is 246 g/mol. The predicted octanol–water partition coefficient (Wildman–Crippen LogP) is 3.80. The molecule has 0 radical (unpaired) electrons. The Morgan fingerprint density at radius 2 is 2.10 bits per heavy atom. The molecule has 0 aliphatic carbocycles. The molecule has 3 nitrogen and oxygen atoms in total. The third kappa shape index (κ3) is 3.28. The molecular formula is C17H25N3. The summed E-state index contributed by atoms with van der Waals surface area (Å²) in [6.07, 6.45) is 3.16. The van der Waals surface area contributed by atoms with Gasteiger partial charge in [0.05, 0.1) is 17.6 Å². The highest BCUT2D eigenvalue weighted by molar-refractivity contribution is 5.38. The molecule has 20 heavy (non-hydrogen) atoms. The maximum Gasteiger partial charge on any atom is 0.0651 e. The monoisotopic (exact) mass is 271 g/mol. The second-order valence-electron chi connectivity index (χ2n) is 5.64. The first-order chi connectivity index (χ1) is 9.63. The number of aromatic nitrogens is 2. The van der Waals surface area contributed by atoms with Crippen molar-refractivity contribution in [1.29, 1.82) is 0 Å². The van der Waals surface area contributed by atoms with Gasteiger partial charge in [0.15, 0.2) is 0 Å². The van der Waals surface area contributed by atoms with Crippen LogP contribution < -0.4 is 5.32 Å². The highest BCUT2D eigenvalue weighted by Crippen LogP contribution is 2.23. The van der Waals surface area contributed by atoms with Gasteiger partial charge in [-0.2, -0.15) is 5.10 Å². The highest BCUT2D eigenvalue weighted by atomic mass is 15.3. The Bertz CT molecular complexity index is 555. The summed E-state index contributed by atoms with van der Waals surface area (Å²) in [5.74, 6) is 0.455. The van der Waals surface area contributed by atoms with Crippen LogP contribution in [-0.2, 0) is 6.54 Å². The van der Waals surface area contributed by atoms with E-state index in [-0.39, 0.29) is 0 Å². The second kappa shape index (κ2) is 6.71. The number of benzene rings is 1. The number of nitrogens with one attached hydrogen (secondary N) is 1. The molecule has 2 aromatic rings. The van der Waals surface area contributed by atoms with E-state index in [1.807, 2.05) is 6.20 Å². The van der Waals surface area contributed by atoms with Gasteiger partial charge in [-0.25, -0.2) is 4.68 Å². The Balaban J connectivity index is 2.34. The number of hydrogen-bond donors (Lipinski definition) is 1. The van der Waals surface area contributed by atoms with Crippen LogP contribution in [0.5, 0.6) is 0 Å². The molecule has 0 saturated carbocycles. The van der Waals surface area contributed by atoms with Crippen molar-refractivity contribution in [1.82, 2.24) is 15.1 Å². The van der Waals surface area contributed by atoms with E-state index in [2.05, 4.69) is 67.1 Å². The van der Waals surface area contributed by atoms with Crippen LogP contribution >= 0.6 is 0 Å². The van der Waals surface area contributed by atoms with Crippen LogP contribution in [0.1, 0.15) is 49.9 Å². The summed E-state index contributed by atoms with van der Waals surface area (Å²) >= 11 is 0. The number of hydrogen-bond acceptors (Lipinski definition) is 2. The Kier molecular flexibility index (Phi) is 4.96. The first-order valence-corrected chi connectivity index (χ1v) is 7.48. The highest BCUT2D eigenvalue weighted by Gasteiger charge is 2.15. The van der Waals surface area contributed by atoms with Crippen LogP contribution in [-0.4, -0.2) is 16.3 Å². The molecule has 0 bridgehead atoms. The van der Waals surface area contributed by atoms with Crippen LogP contribution in [0.4, 0.5) is 0 Å². The molecule has 2 rings (SSSR count). The Hall–Kier alpha value is -1.61. The van der Waals surface area contributed by atoms with E-state index in [0.717, 1.165) is 25.2 Å². The van der Waals surface area contributed by atoms with E-state index in [0.29, 0.717) is 5.92 Å². The topological polar surface area (TPSA) is 29.9 Å². The fraction of sp³-hybridized carbons (Fsp3) is 0.471. The van der Waals surface area contributed by atoms with Crippen molar-refractivity contribution in [2.24, 2.45) is 0 Å². The molecule has 1 heterocycles. The van der Waals surface area contributed by atoms with Gasteiger partial charge in [0.25, 0.3) is 0 Å². The zero-order valence-electron chi connectivity index (χ0n) is 13.0. The molecule has 1 N–H and O–H groups in total. The number of nitrogens with zero attached hydrogens (tertiary/aromatic N) is 2. The van der Waals surface area contributed by atoms with Gasteiger partial charge in [0, 0.05) is 12.1 Å². The van der Waals surface area contributed by atoms with Crippen molar-refractivity contribution >= 4 is 0 Å². The minimum absolute atomic E-state index is 0.455. The molecule has 0 saturated heterocycles. The van der Waals surface area contributed by atoms with Gasteiger partial charge in [0.1, 0.15) is 0 Å². The summed E-state index contributed by atoms with van der Waals surface area (Å²) < 4.78 is 2.08.